The van der Waals surface area contributed by atoms with E-state index in [2.05, 4.69) is 0 Å². The van der Waals surface area contributed by atoms with Crippen molar-refractivity contribution in [1.82, 2.24) is 0 Å². The highest BCUT2D eigenvalue weighted by molar-refractivity contribution is 5.93. The number of carbonyl (C=O) groups is 1. The van der Waals surface area contributed by atoms with Crippen LogP contribution in [0.4, 0.5) is 0 Å². The molecule has 0 bridgehead atoms. The first-order valence-electron chi connectivity index (χ1n) is 5.59. The van der Waals surface area contributed by atoms with Crippen molar-refractivity contribution in [2.75, 3.05) is 13.7 Å². The van der Waals surface area contributed by atoms with Crippen molar-refractivity contribution in [2.45, 2.75) is 20.0 Å². The summed E-state index contributed by atoms with van der Waals surface area (Å²) in [6, 6.07) is 9.63. The second-order valence-corrected chi connectivity index (χ2v) is 3.93. The average molecular weight is 234 g/mol. The highest BCUT2D eigenvalue weighted by atomic mass is 16.5. The van der Waals surface area contributed by atoms with E-state index in [1.807, 2.05) is 44.2 Å². The van der Waals surface area contributed by atoms with Crippen molar-refractivity contribution in [2.24, 2.45) is 0 Å². The molecule has 0 aliphatic carbocycles. The minimum absolute atomic E-state index is 0.0822. The molecule has 0 fully saturated rings. The van der Waals surface area contributed by atoms with Gasteiger partial charge in [-0.25, -0.2) is 4.79 Å². The molecular formula is C14H18O3. The second kappa shape index (κ2) is 6.86. The van der Waals surface area contributed by atoms with E-state index in [0.717, 1.165) is 5.56 Å². The molecule has 92 valence electrons. The first-order valence-corrected chi connectivity index (χ1v) is 5.59. The Balaban J connectivity index is 2.82. The molecule has 1 aromatic carbocycles. The number of rotatable bonds is 5. The lowest BCUT2D eigenvalue weighted by Gasteiger charge is -2.09. The number of carbonyl (C=O) groups excluding carboxylic acids is 1. The molecule has 0 aliphatic rings. The van der Waals surface area contributed by atoms with Gasteiger partial charge in [0.2, 0.25) is 0 Å². The Labute approximate surface area is 102 Å². The van der Waals surface area contributed by atoms with Crippen LogP contribution in [-0.4, -0.2) is 25.8 Å². The molecule has 0 aliphatic heterocycles. The van der Waals surface area contributed by atoms with Crippen LogP contribution in [0.2, 0.25) is 0 Å². The molecule has 0 heterocycles. The Morgan fingerprint density at radius 3 is 2.47 bits per heavy atom. The van der Waals surface area contributed by atoms with Gasteiger partial charge in [-0.15, -0.1) is 0 Å². The van der Waals surface area contributed by atoms with Gasteiger partial charge in [0, 0.05) is 0 Å². The molecule has 1 rings (SSSR count). The molecule has 1 aromatic rings. The normalized spacial score (nSPS) is 11.6. The topological polar surface area (TPSA) is 35.5 Å². The van der Waals surface area contributed by atoms with Gasteiger partial charge in [-0.2, -0.15) is 0 Å². The summed E-state index contributed by atoms with van der Waals surface area (Å²) in [5.41, 5.74) is 1.48. The summed E-state index contributed by atoms with van der Waals surface area (Å²) in [5.74, 6) is -0.352. The molecular weight excluding hydrogens is 216 g/mol. The molecule has 0 amide bonds. The van der Waals surface area contributed by atoms with Gasteiger partial charge in [0.05, 0.1) is 25.4 Å². The fraction of sp³-hybridized carbons (Fsp3) is 0.357. The third kappa shape index (κ3) is 4.83. The van der Waals surface area contributed by atoms with Crippen LogP contribution in [0.5, 0.6) is 0 Å². The zero-order valence-corrected chi connectivity index (χ0v) is 10.5. The molecule has 0 radical (unpaired) electrons. The number of ether oxygens (including phenoxy) is 2. The predicted octanol–water partition coefficient (Wildman–Crippen LogP) is 2.67. The van der Waals surface area contributed by atoms with Gasteiger partial charge in [-0.05, 0) is 25.5 Å². The van der Waals surface area contributed by atoms with E-state index < -0.39 is 0 Å². The Morgan fingerprint density at radius 2 is 1.94 bits per heavy atom. The number of hydrogen-bond acceptors (Lipinski definition) is 3. The van der Waals surface area contributed by atoms with Gasteiger partial charge in [0.15, 0.2) is 0 Å². The van der Waals surface area contributed by atoms with Crippen molar-refractivity contribution in [3.05, 3.63) is 41.5 Å². The summed E-state index contributed by atoms with van der Waals surface area (Å²) in [6.45, 7) is 4.12. The number of methoxy groups -OCH3 is 1. The molecule has 0 spiro atoms. The van der Waals surface area contributed by atoms with Crippen molar-refractivity contribution < 1.29 is 14.3 Å². The summed E-state index contributed by atoms with van der Waals surface area (Å²) >= 11 is 0. The summed E-state index contributed by atoms with van der Waals surface area (Å²) in [4.78, 5) is 11.6. The van der Waals surface area contributed by atoms with Crippen LogP contribution >= 0.6 is 0 Å². The standard InChI is InChI=1S/C14H18O3/c1-11(2)17-10-13(14(15)16-3)9-12-7-5-4-6-8-12/h4-9,11H,10H2,1-3H3. The largest absolute Gasteiger partial charge is 0.466 e. The van der Waals surface area contributed by atoms with Gasteiger partial charge < -0.3 is 9.47 Å². The molecule has 3 heteroatoms. The smallest absolute Gasteiger partial charge is 0.336 e. The Kier molecular flexibility index (Phi) is 5.43. The molecule has 3 nitrogen and oxygen atoms in total. The van der Waals surface area contributed by atoms with Gasteiger partial charge >= 0.3 is 5.97 Å². The summed E-state index contributed by atoms with van der Waals surface area (Å²) in [6.07, 6.45) is 1.87. The third-order valence-electron chi connectivity index (χ3n) is 2.16. The molecule has 0 aromatic heterocycles. The average Bonchev–Trinajstić information content (AvgIpc) is 2.34. The molecule has 0 saturated carbocycles. The van der Waals surface area contributed by atoms with Crippen LogP contribution in [0.25, 0.3) is 6.08 Å². The minimum Gasteiger partial charge on any atom is -0.466 e. The second-order valence-electron chi connectivity index (χ2n) is 3.93. The SMILES string of the molecule is COC(=O)C(=Cc1ccccc1)COC(C)C. The van der Waals surface area contributed by atoms with Gasteiger partial charge in [0.1, 0.15) is 0 Å². The Hall–Kier alpha value is -1.61. The van der Waals surface area contributed by atoms with Gasteiger partial charge in [0.25, 0.3) is 0 Å². The third-order valence-corrected chi connectivity index (χ3v) is 2.16. The first kappa shape index (κ1) is 13.5. The lowest BCUT2D eigenvalue weighted by atomic mass is 10.1. The maximum absolute atomic E-state index is 11.6. The van der Waals surface area contributed by atoms with Crippen LogP contribution in [-0.2, 0) is 14.3 Å². The minimum atomic E-state index is -0.352. The van der Waals surface area contributed by atoms with E-state index in [4.69, 9.17) is 9.47 Å². The molecule has 0 atom stereocenters. The van der Waals surface area contributed by atoms with E-state index in [9.17, 15) is 4.79 Å². The maximum Gasteiger partial charge on any atom is 0.336 e. The predicted molar refractivity (Wildman–Crippen MR) is 67.5 cm³/mol. The van der Waals surface area contributed by atoms with E-state index in [0.29, 0.717) is 5.57 Å². The first-order chi connectivity index (χ1) is 8.13. The van der Waals surface area contributed by atoms with E-state index in [1.165, 1.54) is 7.11 Å². The summed E-state index contributed by atoms with van der Waals surface area (Å²) < 4.78 is 10.2. The fourth-order valence-corrected chi connectivity index (χ4v) is 1.30. The Morgan fingerprint density at radius 1 is 1.29 bits per heavy atom. The molecule has 0 unspecified atom stereocenters. The van der Waals surface area contributed by atoms with Crippen LogP contribution < -0.4 is 0 Å². The summed E-state index contributed by atoms with van der Waals surface area (Å²) in [5, 5.41) is 0. The zero-order chi connectivity index (χ0) is 12.7. The van der Waals surface area contributed by atoms with Crippen LogP contribution in [0, 0.1) is 0 Å². The highest BCUT2D eigenvalue weighted by Crippen LogP contribution is 2.09. The number of hydrogen-bond donors (Lipinski definition) is 0. The van der Waals surface area contributed by atoms with Crippen molar-refractivity contribution in [1.29, 1.82) is 0 Å². The van der Waals surface area contributed by atoms with Gasteiger partial charge in [-0.3, -0.25) is 0 Å². The van der Waals surface area contributed by atoms with Gasteiger partial charge in [-0.1, -0.05) is 30.3 Å². The number of benzene rings is 1. The van der Waals surface area contributed by atoms with E-state index >= 15 is 0 Å². The van der Waals surface area contributed by atoms with E-state index in [1.54, 1.807) is 6.08 Å². The quantitative estimate of drug-likeness (QED) is 0.580. The zero-order valence-electron chi connectivity index (χ0n) is 10.5. The van der Waals surface area contributed by atoms with Crippen molar-refractivity contribution in [3.8, 4) is 0 Å². The molecule has 0 N–H and O–H groups in total. The lowest BCUT2D eigenvalue weighted by molar-refractivity contribution is -0.136. The van der Waals surface area contributed by atoms with Crippen LogP contribution in [0.1, 0.15) is 19.4 Å². The van der Waals surface area contributed by atoms with Crippen LogP contribution in [0.15, 0.2) is 35.9 Å². The maximum atomic E-state index is 11.6. The fourth-order valence-electron chi connectivity index (χ4n) is 1.30. The highest BCUT2D eigenvalue weighted by Gasteiger charge is 2.10. The molecule has 0 saturated heterocycles. The van der Waals surface area contributed by atoms with Crippen molar-refractivity contribution >= 4 is 12.0 Å². The lowest BCUT2D eigenvalue weighted by Crippen LogP contribution is -2.13. The van der Waals surface area contributed by atoms with Crippen LogP contribution in [0.3, 0.4) is 0 Å². The number of esters is 1. The monoisotopic (exact) mass is 234 g/mol. The molecule has 17 heavy (non-hydrogen) atoms. The Bertz CT molecular complexity index is 380. The van der Waals surface area contributed by atoms with E-state index in [-0.39, 0.29) is 18.7 Å². The van der Waals surface area contributed by atoms with Crippen molar-refractivity contribution in [3.63, 3.8) is 0 Å². The summed E-state index contributed by atoms with van der Waals surface area (Å²) in [7, 11) is 1.37.